The SMILES string of the molecule is CC(=O)C[C@]1(C)CCCCCC/C=C/CCC[C@@](C)(C(=O)NC(C)C(=O)N[C@@H](C)C(=O)NC(C)C(=O)N[C@@H](C)C(=O)NC(C)C(=O)N[C@@H](C)C(N)=O)NC(=O)[C@H](CC(C)C)CN[C@@H](CCC(N)=O)C(=O)C(=O)C(C)NC(=O)[C@H](Cc2c[nH]c3ccccc23)NC(=O)C(Cc2ccc(O)cc2)NC(=O)[C@H](CCC(=O)O)NC1=O. The Morgan fingerprint density at radius 1 is 0.554 bits per heavy atom. The van der Waals surface area contributed by atoms with Crippen LogP contribution in [0.25, 0.3) is 10.9 Å². The summed E-state index contributed by atoms with van der Waals surface area (Å²) in [5.41, 5.74) is 9.17. The maximum Gasteiger partial charge on any atom is 0.303 e. The lowest BCUT2D eigenvalue weighted by molar-refractivity contribution is -0.140. The molecule has 34 nitrogen and oxygen atoms in total. The number of hydrogen-bond donors (Lipinski definition) is 17. The Kier molecular flexibility index (Phi) is 37.4. The maximum atomic E-state index is 15.0. The van der Waals surface area contributed by atoms with Gasteiger partial charge in [-0.05, 0) is 155 Å². The number of phenolic OH excluding ortho intramolecular Hbond substituents is 1. The van der Waals surface area contributed by atoms with E-state index in [2.05, 4.69) is 68.8 Å². The van der Waals surface area contributed by atoms with Crippen LogP contribution in [0.3, 0.4) is 0 Å². The number of carboxylic acid groups (broad SMARTS) is 1. The fourth-order valence-electron chi connectivity index (χ4n) is 12.6. The summed E-state index contributed by atoms with van der Waals surface area (Å²) in [5, 5.41) is 51.9. The Morgan fingerprint density at radius 2 is 1.05 bits per heavy atom. The first-order chi connectivity index (χ1) is 52.5. The summed E-state index contributed by atoms with van der Waals surface area (Å²) >= 11 is 0. The minimum absolute atomic E-state index is 0.0170. The number of primary amides is 2. The molecule has 4 rings (SSSR count). The number of aromatic nitrogens is 1. The van der Waals surface area contributed by atoms with Crippen molar-refractivity contribution >= 4 is 111 Å². The van der Waals surface area contributed by atoms with Gasteiger partial charge >= 0.3 is 5.97 Å². The van der Waals surface area contributed by atoms with Crippen LogP contribution in [-0.2, 0) is 94.3 Å². The van der Waals surface area contributed by atoms with E-state index in [0.717, 1.165) is 0 Å². The summed E-state index contributed by atoms with van der Waals surface area (Å²) < 4.78 is 0. The molecule has 0 aliphatic carbocycles. The van der Waals surface area contributed by atoms with Crippen LogP contribution in [0.2, 0.25) is 0 Å². The van der Waals surface area contributed by atoms with Gasteiger partial charge in [0.25, 0.3) is 0 Å². The van der Waals surface area contributed by atoms with Gasteiger partial charge in [-0.3, -0.25) is 81.5 Å². The van der Waals surface area contributed by atoms with Crippen molar-refractivity contribution in [3.05, 3.63) is 78.0 Å². The van der Waals surface area contributed by atoms with Crippen LogP contribution >= 0.6 is 0 Å². The molecular formula is C78H115N15O19. The predicted octanol–water partition coefficient (Wildman–Crippen LogP) is 0.961. The zero-order valence-corrected chi connectivity index (χ0v) is 66.1. The van der Waals surface area contributed by atoms with Crippen molar-refractivity contribution in [1.82, 2.24) is 68.8 Å². The number of carbonyl (C=O) groups is 17. The Morgan fingerprint density at radius 3 is 1.59 bits per heavy atom. The molecule has 13 amide bonds. The molecular weight excluding hydrogens is 1450 g/mol. The van der Waals surface area contributed by atoms with E-state index >= 15 is 0 Å². The average Bonchev–Trinajstić information content (AvgIpc) is 1.42. The lowest BCUT2D eigenvalue weighted by Crippen LogP contribution is -2.62. The molecule has 616 valence electrons. The number of nitrogens with one attached hydrogen (secondary N) is 13. The van der Waals surface area contributed by atoms with E-state index < -0.39 is 197 Å². The topological polar surface area (TPSA) is 543 Å². The third-order valence-electron chi connectivity index (χ3n) is 19.4. The van der Waals surface area contributed by atoms with Gasteiger partial charge in [0, 0.05) is 55.7 Å². The Labute approximate surface area is 652 Å². The monoisotopic (exact) mass is 1570 g/mol. The summed E-state index contributed by atoms with van der Waals surface area (Å²) in [4.78, 5) is 235. The highest BCUT2D eigenvalue weighted by Crippen LogP contribution is 2.31. The number of nitrogens with two attached hydrogens (primary N) is 2. The molecule has 1 aromatic heterocycles. The number of allylic oxidation sites excluding steroid dienone is 2. The number of Topliss-reactive ketones (excluding diaryl/α,β-unsaturated/α-hetero) is 3. The number of phenols is 1. The summed E-state index contributed by atoms with van der Waals surface area (Å²) in [5.74, 6) is -16.2. The number of carbonyl (C=O) groups excluding carboxylic acids is 16. The van der Waals surface area contributed by atoms with E-state index in [1.54, 1.807) is 37.4 Å². The van der Waals surface area contributed by atoms with Gasteiger partial charge in [0.05, 0.1) is 23.4 Å². The molecule has 14 atom stereocenters. The first-order valence-corrected chi connectivity index (χ1v) is 38.0. The van der Waals surface area contributed by atoms with Gasteiger partial charge < -0.3 is 90.5 Å². The molecule has 0 radical (unpaired) electrons. The van der Waals surface area contributed by atoms with E-state index in [-0.39, 0.29) is 68.9 Å². The molecule has 0 spiro atoms. The molecule has 0 saturated carbocycles. The summed E-state index contributed by atoms with van der Waals surface area (Å²) in [6.07, 6.45) is 6.82. The van der Waals surface area contributed by atoms with E-state index in [9.17, 15) is 91.7 Å². The number of ketones is 3. The molecule has 1 aliphatic rings. The minimum atomic E-state index is -1.77. The second kappa shape index (κ2) is 44.8. The highest BCUT2D eigenvalue weighted by atomic mass is 16.4. The van der Waals surface area contributed by atoms with Gasteiger partial charge in [0.2, 0.25) is 88.4 Å². The van der Waals surface area contributed by atoms with Gasteiger partial charge in [-0.1, -0.05) is 82.5 Å². The fraction of sp³-hybridized carbons (Fsp3) is 0.577. The Hall–Kier alpha value is -10.9. The van der Waals surface area contributed by atoms with Crippen LogP contribution in [0.1, 0.15) is 191 Å². The van der Waals surface area contributed by atoms with Crippen molar-refractivity contribution in [2.45, 2.75) is 264 Å². The van der Waals surface area contributed by atoms with Crippen LogP contribution in [-0.4, -0.2) is 194 Å². The summed E-state index contributed by atoms with van der Waals surface area (Å²) in [6.45, 7) is 16.8. The molecule has 5 unspecified atom stereocenters. The van der Waals surface area contributed by atoms with E-state index in [1.165, 1.54) is 86.6 Å². The molecule has 2 heterocycles. The zero-order chi connectivity index (χ0) is 83.9. The van der Waals surface area contributed by atoms with E-state index in [1.807, 2.05) is 26.0 Å². The van der Waals surface area contributed by atoms with Crippen molar-refractivity contribution in [1.29, 1.82) is 0 Å². The highest BCUT2D eigenvalue weighted by Gasteiger charge is 2.42. The molecule has 0 fully saturated rings. The molecule has 19 N–H and O–H groups in total. The molecule has 0 saturated heterocycles. The number of fused-ring (bicyclic) bond motifs is 1. The molecule has 3 aromatic rings. The van der Waals surface area contributed by atoms with Gasteiger partial charge in [0.15, 0.2) is 0 Å². The number of para-hydroxylation sites is 1. The Bertz CT molecular complexity index is 3900. The van der Waals surface area contributed by atoms with Crippen molar-refractivity contribution in [2.24, 2.45) is 28.7 Å². The Balaban J connectivity index is 1.70. The number of rotatable bonds is 27. The number of aliphatic carboxylic acids is 1. The molecule has 34 heteroatoms. The molecule has 112 heavy (non-hydrogen) atoms. The quantitative estimate of drug-likeness (QED) is 0.0373. The van der Waals surface area contributed by atoms with Crippen molar-refractivity contribution < 1.29 is 91.7 Å². The summed E-state index contributed by atoms with van der Waals surface area (Å²) in [7, 11) is 0. The normalized spacial score (nSPS) is 23.3. The third-order valence-corrected chi connectivity index (χ3v) is 19.4. The van der Waals surface area contributed by atoms with E-state index in [4.69, 9.17) is 11.5 Å². The number of H-pyrrole nitrogens is 1. The van der Waals surface area contributed by atoms with Crippen LogP contribution < -0.4 is 75.3 Å². The smallest absolute Gasteiger partial charge is 0.303 e. The fourth-order valence-corrected chi connectivity index (χ4v) is 12.6. The predicted molar refractivity (Wildman–Crippen MR) is 413 cm³/mol. The lowest BCUT2D eigenvalue weighted by atomic mass is 9.79. The second-order valence-corrected chi connectivity index (χ2v) is 30.1. The first-order valence-electron chi connectivity index (χ1n) is 38.0. The number of aromatic amines is 1. The largest absolute Gasteiger partial charge is 0.508 e. The molecule has 0 bridgehead atoms. The van der Waals surface area contributed by atoms with Gasteiger partial charge in [0.1, 0.15) is 71.4 Å². The molecule has 1 aliphatic heterocycles. The molecule has 2 aromatic carbocycles. The van der Waals surface area contributed by atoms with Crippen molar-refractivity contribution in [3.8, 4) is 5.75 Å². The minimum Gasteiger partial charge on any atom is -0.508 e. The number of carboxylic acids is 1. The summed E-state index contributed by atoms with van der Waals surface area (Å²) in [6, 6.07) is -2.59. The lowest BCUT2D eigenvalue weighted by Gasteiger charge is -2.33. The van der Waals surface area contributed by atoms with Crippen LogP contribution in [0, 0.1) is 17.3 Å². The number of amides is 13. The maximum absolute atomic E-state index is 15.0. The first kappa shape index (κ1) is 93.4. The van der Waals surface area contributed by atoms with Crippen LogP contribution in [0.4, 0.5) is 0 Å². The van der Waals surface area contributed by atoms with E-state index in [0.29, 0.717) is 67.0 Å². The second-order valence-electron chi connectivity index (χ2n) is 30.1. The number of benzene rings is 2. The van der Waals surface area contributed by atoms with Crippen LogP contribution in [0.5, 0.6) is 5.75 Å². The van der Waals surface area contributed by atoms with Gasteiger partial charge in [-0.2, -0.15) is 0 Å². The standard InChI is InChI=1S/C78H115N15O19/c1-42(2)36-53-41-82-57(30-32-61(79)96)64(100)63(99)44(4)83-73(109)60(38-52-40-81-56-25-21-20-24-55(52)56)91-74(110)59(37-51-26-28-54(95)29-27-51)90-72(108)58(31-33-62(97)98)92-75(111)77(11,39-43(3)94)34-22-18-16-14-13-15-17-19-23-35-78(12,93-71(53)107)76(112)89-50(10)70(106)88-49(9)69(105)87-48(8)68(104)86-47(7)67(103)85-46(6)66(102)84-45(5)65(80)101/h15,17,20-21,24-29,40,42,44-50,53,57-60,81-82,95H,13-14,16,18-19,22-23,30-39,41H2,1-12H3,(H2,79,96)(H2,80,101)(H,83,109)(H,84,102)(H,85,103)(H,86,104)(H,87,105)(H,88,106)(H,89,112)(H,90,108)(H,91,110)(H,92,111)(H,93,107)(H,97,98)/b17-15+/t44?,45-,46?,47-,48?,49-,50?,53+,57-,58-,59?,60-,77-,78-/m0/s1. The van der Waals surface area contributed by atoms with Crippen molar-refractivity contribution in [2.75, 3.05) is 6.54 Å². The van der Waals surface area contributed by atoms with Crippen molar-refractivity contribution in [3.63, 3.8) is 0 Å². The third kappa shape index (κ3) is 30.7. The van der Waals surface area contributed by atoms with Gasteiger partial charge in [-0.25, -0.2) is 0 Å². The number of aromatic hydroxyl groups is 1. The van der Waals surface area contributed by atoms with Crippen LogP contribution in [0.15, 0.2) is 66.9 Å². The van der Waals surface area contributed by atoms with Gasteiger partial charge in [-0.15, -0.1) is 0 Å². The zero-order valence-electron chi connectivity index (χ0n) is 66.1. The highest BCUT2D eigenvalue weighted by molar-refractivity contribution is 6.41. The average molecular weight is 1570 g/mol. The number of hydrogen-bond acceptors (Lipinski definition) is 19.